The number of rotatable bonds is 6. The SMILES string of the molecule is CCOC(=O)c1csc(NC(=O)c2ccc(S(=O)(=O)N3CCOCC3)cc2)n1. The van der Waals surface area contributed by atoms with Gasteiger partial charge in [0.25, 0.3) is 5.91 Å². The molecule has 0 atom stereocenters. The molecule has 0 aliphatic carbocycles. The van der Waals surface area contributed by atoms with Gasteiger partial charge in [0.05, 0.1) is 24.7 Å². The molecule has 2 aromatic rings. The summed E-state index contributed by atoms with van der Waals surface area (Å²) >= 11 is 1.09. The van der Waals surface area contributed by atoms with E-state index in [9.17, 15) is 18.0 Å². The second-order valence-corrected chi connectivity index (χ2v) is 8.55. The summed E-state index contributed by atoms with van der Waals surface area (Å²) in [4.78, 5) is 28.1. The minimum Gasteiger partial charge on any atom is -0.461 e. The van der Waals surface area contributed by atoms with E-state index < -0.39 is 21.9 Å². The fourth-order valence-electron chi connectivity index (χ4n) is 2.51. The molecule has 150 valence electrons. The Balaban J connectivity index is 1.68. The van der Waals surface area contributed by atoms with E-state index in [-0.39, 0.29) is 27.9 Å². The normalized spacial score (nSPS) is 15.2. The van der Waals surface area contributed by atoms with Crippen molar-refractivity contribution in [2.24, 2.45) is 0 Å². The quantitative estimate of drug-likeness (QED) is 0.699. The molecule has 0 radical (unpaired) electrons. The van der Waals surface area contributed by atoms with Crippen molar-refractivity contribution >= 4 is 38.4 Å². The van der Waals surface area contributed by atoms with Crippen LogP contribution in [-0.4, -0.2) is 62.5 Å². The van der Waals surface area contributed by atoms with Crippen molar-refractivity contribution in [2.75, 3.05) is 38.2 Å². The number of thiazole rings is 1. The lowest BCUT2D eigenvalue weighted by Crippen LogP contribution is -2.40. The van der Waals surface area contributed by atoms with Crippen LogP contribution in [0.4, 0.5) is 5.13 Å². The summed E-state index contributed by atoms with van der Waals surface area (Å²) in [5.74, 6) is -1.02. The van der Waals surface area contributed by atoms with Crippen molar-refractivity contribution in [3.05, 3.63) is 40.9 Å². The van der Waals surface area contributed by atoms with Crippen molar-refractivity contribution in [3.63, 3.8) is 0 Å². The van der Waals surface area contributed by atoms with E-state index in [0.717, 1.165) is 11.3 Å². The van der Waals surface area contributed by atoms with E-state index in [1.54, 1.807) is 6.92 Å². The van der Waals surface area contributed by atoms with Gasteiger partial charge < -0.3 is 9.47 Å². The van der Waals surface area contributed by atoms with Crippen LogP contribution in [0.2, 0.25) is 0 Å². The van der Waals surface area contributed by atoms with Gasteiger partial charge in [-0.1, -0.05) is 0 Å². The van der Waals surface area contributed by atoms with E-state index in [2.05, 4.69) is 10.3 Å². The maximum atomic E-state index is 12.6. The molecular weight excluding hydrogens is 406 g/mol. The van der Waals surface area contributed by atoms with Crippen LogP contribution in [0.5, 0.6) is 0 Å². The summed E-state index contributed by atoms with van der Waals surface area (Å²) in [6, 6.07) is 5.66. The largest absolute Gasteiger partial charge is 0.461 e. The first kappa shape index (κ1) is 20.4. The van der Waals surface area contributed by atoms with Crippen molar-refractivity contribution in [1.82, 2.24) is 9.29 Å². The summed E-state index contributed by atoms with van der Waals surface area (Å²) < 4.78 is 36.6. The number of benzene rings is 1. The van der Waals surface area contributed by atoms with Gasteiger partial charge >= 0.3 is 5.97 Å². The predicted octanol–water partition coefficient (Wildman–Crippen LogP) is 1.59. The molecule has 28 heavy (non-hydrogen) atoms. The molecule has 1 amide bonds. The maximum Gasteiger partial charge on any atom is 0.357 e. The number of aromatic nitrogens is 1. The third-order valence-corrected chi connectivity index (χ3v) is 6.60. The van der Waals surface area contributed by atoms with Gasteiger partial charge in [-0.05, 0) is 31.2 Å². The minimum atomic E-state index is -3.62. The molecule has 9 nitrogen and oxygen atoms in total. The number of esters is 1. The van der Waals surface area contributed by atoms with Gasteiger partial charge in [0.1, 0.15) is 0 Å². The van der Waals surface area contributed by atoms with E-state index in [1.165, 1.54) is 34.0 Å². The number of hydrogen-bond acceptors (Lipinski definition) is 8. The van der Waals surface area contributed by atoms with E-state index in [4.69, 9.17) is 9.47 Å². The highest BCUT2D eigenvalue weighted by Crippen LogP contribution is 2.20. The Bertz CT molecular complexity index is 950. The summed E-state index contributed by atoms with van der Waals surface area (Å²) in [7, 11) is -3.62. The Labute approximate surface area is 166 Å². The average Bonchev–Trinajstić information content (AvgIpc) is 3.17. The molecule has 0 spiro atoms. The van der Waals surface area contributed by atoms with Crippen LogP contribution >= 0.6 is 11.3 Å². The number of carbonyl (C=O) groups excluding carboxylic acids is 2. The van der Waals surface area contributed by atoms with Crippen LogP contribution in [0.25, 0.3) is 0 Å². The molecule has 0 unspecified atom stereocenters. The summed E-state index contributed by atoms with van der Waals surface area (Å²) in [5, 5.41) is 4.32. The Kier molecular flexibility index (Phi) is 6.39. The number of nitrogens with zero attached hydrogens (tertiary/aromatic N) is 2. The Morgan fingerprint density at radius 2 is 1.93 bits per heavy atom. The van der Waals surface area contributed by atoms with Gasteiger partial charge in [-0.15, -0.1) is 11.3 Å². The molecule has 1 aliphatic heterocycles. The standard InChI is InChI=1S/C17H19N3O6S2/c1-2-26-16(22)14-11-27-17(18-14)19-15(21)12-3-5-13(6-4-12)28(23,24)20-7-9-25-10-8-20/h3-6,11H,2,7-10H2,1H3,(H,18,19,21). The van der Waals surface area contributed by atoms with Crippen molar-refractivity contribution in [2.45, 2.75) is 11.8 Å². The zero-order valence-electron chi connectivity index (χ0n) is 15.1. The second kappa shape index (κ2) is 8.78. The van der Waals surface area contributed by atoms with Crippen LogP contribution in [0.3, 0.4) is 0 Å². The van der Waals surface area contributed by atoms with E-state index >= 15 is 0 Å². The lowest BCUT2D eigenvalue weighted by atomic mass is 10.2. The Morgan fingerprint density at radius 1 is 1.25 bits per heavy atom. The molecule has 1 aromatic heterocycles. The molecule has 0 bridgehead atoms. The average molecular weight is 425 g/mol. The number of morpholine rings is 1. The number of sulfonamides is 1. The number of amides is 1. The molecule has 0 saturated carbocycles. The van der Waals surface area contributed by atoms with Gasteiger partial charge in [0, 0.05) is 24.0 Å². The fourth-order valence-corrected chi connectivity index (χ4v) is 4.60. The first-order chi connectivity index (χ1) is 13.4. The number of ether oxygens (including phenoxy) is 2. The first-order valence-corrected chi connectivity index (χ1v) is 10.9. The van der Waals surface area contributed by atoms with Crippen LogP contribution in [-0.2, 0) is 19.5 Å². The number of anilines is 1. The molecule has 1 saturated heterocycles. The van der Waals surface area contributed by atoms with Crippen molar-refractivity contribution in [3.8, 4) is 0 Å². The van der Waals surface area contributed by atoms with Crippen LogP contribution < -0.4 is 5.32 Å². The minimum absolute atomic E-state index is 0.116. The van der Waals surface area contributed by atoms with Gasteiger partial charge in [0.2, 0.25) is 10.0 Å². The number of carbonyl (C=O) groups is 2. The van der Waals surface area contributed by atoms with Gasteiger partial charge in [-0.25, -0.2) is 18.2 Å². The molecular formula is C17H19N3O6S2. The molecule has 3 rings (SSSR count). The van der Waals surface area contributed by atoms with Gasteiger partial charge in [-0.2, -0.15) is 4.31 Å². The third kappa shape index (κ3) is 4.55. The molecule has 1 aromatic carbocycles. The predicted molar refractivity (Wildman–Crippen MR) is 102 cm³/mol. The molecule has 2 heterocycles. The number of nitrogens with one attached hydrogen (secondary N) is 1. The first-order valence-electron chi connectivity index (χ1n) is 8.54. The molecule has 1 N–H and O–H groups in total. The Morgan fingerprint density at radius 3 is 2.57 bits per heavy atom. The molecule has 1 fully saturated rings. The third-order valence-electron chi connectivity index (χ3n) is 3.93. The van der Waals surface area contributed by atoms with Gasteiger partial charge in [-0.3, -0.25) is 10.1 Å². The summed E-state index contributed by atoms with van der Waals surface area (Å²) in [5.41, 5.74) is 0.392. The van der Waals surface area contributed by atoms with E-state index in [1.807, 2.05) is 0 Å². The zero-order chi connectivity index (χ0) is 20.1. The topological polar surface area (TPSA) is 115 Å². The highest BCUT2D eigenvalue weighted by atomic mass is 32.2. The highest BCUT2D eigenvalue weighted by molar-refractivity contribution is 7.89. The maximum absolute atomic E-state index is 12.6. The smallest absolute Gasteiger partial charge is 0.357 e. The van der Waals surface area contributed by atoms with Crippen molar-refractivity contribution in [1.29, 1.82) is 0 Å². The monoisotopic (exact) mass is 425 g/mol. The molecule has 1 aliphatic rings. The second-order valence-electron chi connectivity index (χ2n) is 5.75. The lowest BCUT2D eigenvalue weighted by Gasteiger charge is -2.26. The van der Waals surface area contributed by atoms with Gasteiger partial charge in [0.15, 0.2) is 10.8 Å². The van der Waals surface area contributed by atoms with E-state index in [0.29, 0.717) is 26.3 Å². The summed E-state index contributed by atoms with van der Waals surface area (Å²) in [6.07, 6.45) is 0. The zero-order valence-corrected chi connectivity index (χ0v) is 16.7. The van der Waals surface area contributed by atoms with Crippen LogP contribution in [0, 0.1) is 0 Å². The lowest BCUT2D eigenvalue weighted by molar-refractivity contribution is 0.0520. The highest BCUT2D eigenvalue weighted by Gasteiger charge is 2.26. The summed E-state index contributed by atoms with van der Waals surface area (Å²) in [6.45, 7) is 3.26. The van der Waals surface area contributed by atoms with Crippen LogP contribution in [0.1, 0.15) is 27.8 Å². The van der Waals surface area contributed by atoms with Crippen LogP contribution in [0.15, 0.2) is 34.5 Å². The molecule has 11 heteroatoms. The number of hydrogen-bond donors (Lipinski definition) is 1. The Hall–Kier alpha value is -2.34. The van der Waals surface area contributed by atoms with Crippen molar-refractivity contribution < 1.29 is 27.5 Å². The fraction of sp³-hybridized carbons (Fsp3) is 0.353.